The zero-order valence-electron chi connectivity index (χ0n) is 12.4. The van der Waals surface area contributed by atoms with E-state index in [1.165, 1.54) is 6.07 Å². The molecule has 0 unspecified atom stereocenters. The number of carboxylic acids is 1. The van der Waals surface area contributed by atoms with Crippen LogP contribution < -0.4 is 4.74 Å². The number of rotatable bonds is 5. The van der Waals surface area contributed by atoms with Crippen molar-refractivity contribution < 1.29 is 14.6 Å². The number of benzene rings is 2. The van der Waals surface area contributed by atoms with E-state index in [2.05, 4.69) is 6.07 Å². The van der Waals surface area contributed by atoms with Gasteiger partial charge in [-0.15, -0.1) is 0 Å². The molecule has 0 spiro atoms. The second-order valence-corrected chi connectivity index (χ2v) is 5.11. The van der Waals surface area contributed by atoms with E-state index in [0.717, 1.165) is 0 Å². The fraction of sp³-hybridized carbons (Fsp3) is 0.111. The molecule has 0 bridgehead atoms. The first-order chi connectivity index (χ1) is 11.0. The summed E-state index contributed by atoms with van der Waals surface area (Å²) in [5.74, 6) is -0.768. The molecule has 0 heterocycles. The van der Waals surface area contributed by atoms with Gasteiger partial charge in [0.15, 0.2) is 0 Å². The van der Waals surface area contributed by atoms with Gasteiger partial charge in [0.05, 0.1) is 18.2 Å². The molecule has 4 nitrogen and oxygen atoms in total. The Bertz CT molecular complexity index is 789. The lowest BCUT2D eigenvalue weighted by Gasteiger charge is -2.08. The first-order valence-corrected chi connectivity index (χ1v) is 7.30. The number of nitrogens with zero attached hydrogens (tertiary/aromatic N) is 1. The van der Waals surface area contributed by atoms with Crippen LogP contribution >= 0.6 is 11.6 Å². The van der Waals surface area contributed by atoms with Crippen molar-refractivity contribution in [1.82, 2.24) is 0 Å². The monoisotopic (exact) mass is 327 g/mol. The zero-order chi connectivity index (χ0) is 16.8. The minimum Gasteiger partial charge on any atom is -0.493 e. The van der Waals surface area contributed by atoms with Crippen LogP contribution in [0.2, 0.25) is 5.02 Å². The molecule has 0 radical (unpaired) electrons. The van der Waals surface area contributed by atoms with E-state index in [1.54, 1.807) is 49.4 Å². The molecule has 116 valence electrons. The number of hydrogen-bond donors (Lipinski definition) is 1. The van der Waals surface area contributed by atoms with E-state index in [0.29, 0.717) is 34.1 Å². The Kier molecular flexibility index (Phi) is 5.40. The van der Waals surface area contributed by atoms with Crippen LogP contribution in [0, 0.1) is 11.3 Å². The summed E-state index contributed by atoms with van der Waals surface area (Å²) in [6.07, 6.45) is 1.63. The first kappa shape index (κ1) is 16.6. The highest BCUT2D eigenvalue weighted by atomic mass is 35.5. The fourth-order valence-corrected chi connectivity index (χ4v) is 2.19. The van der Waals surface area contributed by atoms with Crippen LogP contribution in [0.4, 0.5) is 0 Å². The summed E-state index contributed by atoms with van der Waals surface area (Å²) in [7, 11) is 0. The predicted octanol–water partition coefficient (Wildman–Crippen LogP) is 4.50. The molecule has 0 aliphatic carbocycles. The van der Waals surface area contributed by atoms with Crippen molar-refractivity contribution in [2.45, 2.75) is 6.92 Å². The average molecular weight is 328 g/mol. The van der Waals surface area contributed by atoms with Gasteiger partial charge >= 0.3 is 5.97 Å². The molecule has 0 amide bonds. The van der Waals surface area contributed by atoms with Gasteiger partial charge in [0.25, 0.3) is 0 Å². The van der Waals surface area contributed by atoms with Crippen molar-refractivity contribution in [3.8, 4) is 11.8 Å². The summed E-state index contributed by atoms with van der Waals surface area (Å²) in [5.41, 5.74) is 1.80. The van der Waals surface area contributed by atoms with Gasteiger partial charge in [-0.2, -0.15) is 5.26 Å². The van der Waals surface area contributed by atoms with Crippen LogP contribution in [0.3, 0.4) is 0 Å². The Balaban J connectivity index is 2.44. The molecule has 5 heteroatoms. The SMILES string of the molecule is CCOc1ccc(/C=C(\C#N)c2ccc(Cl)cc2)cc1C(=O)O. The van der Waals surface area contributed by atoms with Gasteiger partial charge in [-0.1, -0.05) is 29.8 Å². The summed E-state index contributed by atoms with van der Waals surface area (Å²) >= 11 is 5.84. The third-order valence-electron chi connectivity index (χ3n) is 3.12. The van der Waals surface area contributed by atoms with Crippen LogP contribution in [0.25, 0.3) is 11.6 Å². The van der Waals surface area contributed by atoms with Crippen LogP contribution in [0.1, 0.15) is 28.4 Å². The second kappa shape index (κ2) is 7.48. The molecule has 0 saturated heterocycles. The minimum absolute atomic E-state index is 0.0639. The quantitative estimate of drug-likeness (QED) is 0.648. The van der Waals surface area contributed by atoms with Crippen LogP contribution in [0.5, 0.6) is 5.75 Å². The number of aromatic carboxylic acids is 1. The van der Waals surface area contributed by atoms with Crippen LogP contribution in [0.15, 0.2) is 42.5 Å². The topological polar surface area (TPSA) is 70.3 Å². The van der Waals surface area contributed by atoms with Crippen molar-refractivity contribution >= 4 is 29.2 Å². The molecule has 2 aromatic carbocycles. The second-order valence-electron chi connectivity index (χ2n) is 4.67. The number of hydrogen-bond acceptors (Lipinski definition) is 3. The molecular formula is C18H14ClNO3. The van der Waals surface area contributed by atoms with E-state index >= 15 is 0 Å². The molecule has 0 aromatic heterocycles. The van der Waals surface area contributed by atoms with Crippen molar-refractivity contribution in [3.05, 3.63) is 64.2 Å². The summed E-state index contributed by atoms with van der Waals surface area (Å²) in [4.78, 5) is 11.3. The number of ether oxygens (including phenoxy) is 1. The van der Waals surface area contributed by atoms with Crippen molar-refractivity contribution in [2.75, 3.05) is 6.61 Å². The Hall–Kier alpha value is -2.77. The Morgan fingerprint density at radius 1 is 1.30 bits per heavy atom. The normalized spacial score (nSPS) is 10.9. The summed E-state index contributed by atoms with van der Waals surface area (Å²) in [6, 6.07) is 13.8. The third-order valence-corrected chi connectivity index (χ3v) is 3.37. The summed E-state index contributed by atoms with van der Waals surface area (Å²) in [5, 5.41) is 19.2. The van der Waals surface area contributed by atoms with E-state index in [4.69, 9.17) is 16.3 Å². The van der Waals surface area contributed by atoms with Crippen LogP contribution in [-0.4, -0.2) is 17.7 Å². The van der Waals surface area contributed by atoms with Crippen molar-refractivity contribution in [1.29, 1.82) is 5.26 Å². The summed E-state index contributed by atoms with van der Waals surface area (Å²) < 4.78 is 5.30. The Morgan fingerprint density at radius 3 is 2.57 bits per heavy atom. The zero-order valence-corrected chi connectivity index (χ0v) is 13.2. The van der Waals surface area contributed by atoms with Gasteiger partial charge in [-0.3, -0.25) is 0 Å². The highest BCUT2D eigenvalue weighted by Gasteiger charge is 2.12. The van der Waals surface area contributed by atoms with Gasteiger partial charge in [0, 0.05) is 5.02 Å². The molecule has 1 N–H and O–H groups in total. The Labute approximate surface area is 139 Å². The maximum absolute atomic E-state index is 11.3. The average Bonchev–Trinajstić information content (AvgIpc) is 2.54. The number of allylic oxidation sites excluding steroid dienone is 1. The van der Waals surface area contributed by atoms with E-state index in [1.807, 2.05) is 0 Å². The maximum Gasteiger partial charge on any atom is 0.339 e. The van der Waals surface area contributed by atoms with Crippen molar-refractivity contribution in [3.63, 3.8) is 0 Å². The van der Waals surface area contributed by atoms with Gasteiger partial charge in [-0.05, 0) is 48.4 Å². The number of carbonyl (C=O) groups is 1. The molecule has 2 rings (SSSR count). The molecule has 0 fully saturated rings. The maximum atomic E-state index is 11.3. The number of nitriles is 1. The molecule has 23 heavy (non-hydrogen) atoms. The number of halogens is 1. The van der Waals surface area contributed by atoms with E-state index < -0.39 is 5.97 Å². The molecule has 2 aromatic rings. The molecule has 0 atom stereocenters. The molecular weight excluding hydrogens is 314 g/mol. The van der Waals surface area contributed by atoms with Gasteiger partial charge in [0.2, 0.25) is 0 Å². The number of carboxylic acid groups (broad SMARTS) is 1. The van der Waals surface area contributed by atoms with Gasteiger partial charge < -0.3 is 9.84 Å². The molecule has 0 aliphatic rings. The van der Waals surface area contributed by atoms with E-state index in [-0.39, 0.29) is 5.56 Å². The van der Waals surface area contributed by atoms with E-state index in [9.17, 15) is 15.2 Å². The largest absolute Gasteiger partial charge is 0.493 e. The fourth-order valence-electron chi connectivity index (χ4n) is 2.06. The first-order valence-electron chi connectivity index (χ1n) is 6.93. The van der Waals surface area contributed by atoms with Gasteiger partial charge in [-0.25, -0.2) is 4.79 Å². The lowest BCUT2D eigenvalue weighted by molar-refractivity contribution is 0.0692. The highest BCUT2D eigenvalue weighted by Crippen LogP contribution is 2.24. The third kappa shape index (κ3) is 4.12. The highest BCUT2D eigenvalue weighted by molar-refractivity contribution is 6.30. The van der Waals surface area contributed by atoms with Gasteiger partial charge in [0.1, 0.15) is 11.3 Å². The summed E-state index contributed by atoms with van der Waals surface area (Å²) in [6.45, 7) is 2.16. The lowest BCUT2D eigenvalue weighted by atomic mass is 10.0. The molecule has 0 aliphatic heterocycles. The molecule has 0 saturated carbocycles. The minimum atomic E-state index is -1.08. The predicted molar refractivity (Wildman–Crippen MR) is 89.5 cm³/mol. The lowest BCUT2D eigenvalue weighted by Crippen LogP contribution is -2.03. The standard InChI is InChI=1S/C18H14ClNO3/c1-2-23-17-8-3-12(10-16(17)18(21)22)9-14(11-20)13-4-6-15(19)7-5-13/h3-10H,2H2,1H3,(H,21,22)/b14-9+. The smallest absolute Gasteiger partial charge is 0.339 e. The Morgan fingerprint density at radius 2 is 2.00 bits per heavy atom. The van der Waals surface area contributed by atoms with Crippen molar-refractivity contribution in [2.24, 2.45) is 0 Å². The van der Waals surface area contributed by atoms with Crippen LogP contribution in [-0.2, 0) is 0 Å².